The summed E-state index contributed by atoms with van der Waals surface area (Å²) in [6, 6.07) is 1.28. The van der Waals surface area contributed by atoms with E-state index in [9.17, 15) is 14.9 Å². The lowest BCUT2D eigenvalue weighted by Gasteiger charge is -2.14. The minimum Gasteiger partial charge on any atom is -1.00 e. The van der Waals surface area contributed by atoms with Crippen LogP contribution in [0.25, 0.3) is 0 Å². The molecule has 0 aliphatic rings. The Bertz CT molecular complexity index is 460. The summed E-state index contributed by atoms with van der Waals surface area (Å²) in [6.45, 7) is 8.83. The highest BCUT2D eigenvalue weighted by atomic mass is 35.5. The summed E-state index contributed by atoms with van der Waals surface area (Å²) in [7, 11) is 0. The average Bonchev–Trinajstić information content (AvgIpc) is 2.77. The molecule has 114 valence electrons. The summed E-state index contributed by atoms with van der Waals surface area (Å²) in [4.78, 5) is 24.1. The Hall–Kier alpha value is -1.18. The van der Waals surface area contributed by atoms with Crippen molar-refractivity contribution in [2.45, 2.75) is 20.8 Å². The van der Waals surface area contributed by atoms with Crippen LogP contribution in [0.4, 0.5) is 5.69 Å². The van der Waals surface area contributed by atoms with Crippen molar-refractivity contribution in [2.24, 2.45) is 0 Å². The lowest BCUT2D eigenvalue weighted by atomic mass is 10.4. The van der Waals surface area contributed by atoms with Gasteiger partial charge < -0.3 is 22.0 Å². The van der Waals surface area contributed by atoms with Crippen molar-refractivity contribution in [3.8, 4) is 0 Å². The maximum absolute atomic E-state index is 11.7. The third kappa shape index (κ3) is 5.07. The number of halogens is 1. The predicted octanol–water partition coefficient (Wildman–Crippen LogP) is -1.95. The number of thiophene rings is 1. The van der Waals surface area contributed by atoms with Crippen LogP contribution in [0.2, 0.25) is 0 Å². The number of ether oxygens (including phenoxy) is 1. The fraction of sp³-hybridized carbons (Fsp3) is 0.583. The normalized spacial score (nSPS) is 10.2. The Labute approximate surface area is 128 Å². The maximum Gasteiger partial charge on any atom is 0.348 e. The number of esters is 1. The van der Waals surface area contributed by atoms with Gasteiger partial charge in [0.15, 0.2) is 0 Å². The Morgan fingerprint density at radius 3 is 2.50 bits per heavy atom. The molecule has 8 heteroatoms. The van der Waals surface area contributed by atoms with Crippen molar-refractivity contribution in [1.82, 2.24) is 0 Å². The summed E-state index contributed by atoms with van der Waals surface area (Å²) >= 11 is 1.10. The van der Waals surface area contributed by atoms with Gasteiger partial charge in [-0.25, -0.2) is 4.79 Å². The summed E-state index contributed by atoms with van der Waals surface area (Å²) in [5, 5.41) is 10.7. The first kappa shape index (κ1) is 18.8. The number of nitrogens with one attached hydrogen (secondary N) is 1. The number of carbonyl (C=O) groups is 1. The van der Waals surface area contributed by atoms with Crippen molar-refractivity contribution in [1.29, 1.82) is 0 Å². The monoisotopic (exact) mass is 322 g/mol. The van der Waals surface area contributed by atoms with Gasteiger partial charge in [-0.3, -0.25) is 10.1 Å². The first-order valence-corrected chi connectivity index (χ1v) is 7.06. The zero-order chi connectivity index (χ0) is 14.4. The molecule has 1 heterocycles. The minimum atomic E-state index is -0.483. The second-order valence-electron chi connectivity index (χ2n) is 4.15. The molecule has 1 aromatic heterocycles. The third-order valence-electron chi connectivity index (χ3n) is 2.98. The summed E-state index contributed by atoms with van der Waals surface area (Å²) in [5.41, 5.74) is -0.0219. The largest absolute Gasteiger partial charge is 1.00 e. The topological polar surface area (TPSA) is 73.9 Å². The van der Waals surface area contributed by atoms with E-state index in [4.69, 9.17) is 4.74 Å². The zero-order valence-electron chi connectivity index (χ0n) is 11.8. The van der Waals surface area contributed by atoms with Gasteiger partial charge >= 0.3 is 5.97 Å². The van der Waals surface area contributed by atoms with Crippen LogP contribution in [0, 0.1) is 17.0 Å². The predicted molar refractivity (Wildman–Crippen MR) is 72.9 cm³/mol. The molecule has 0 radical (unpaired) electrons. The van der Waals surface area contributed by atoms with Crippen LogP contribution in [-0.4, -0.2) is 37.1 Å². The van der Waals surface area contributed by atoms with Gasteiger partial charge in [-0.15, -0.1) is 11.3 Å². The van der Waals surface area contributed by atoms with E-state index >= 15 is 0 Å². The Balaban J connectivity index is 0.00000361. The molecule has 0 bridgehead atoms. The first-order chi connectivity index (χ1) is 8.99. The van der Waals surface area contributed by atoms with E-state index < -0.39 is 10.9 Å². The van der Waals surface area contributed by atoms with Gasteiger partial charge in [-0.1, -0.05) is 0 Å². The summed E-state index contributed by atoms with van der Waals surface area (Å²) < 4.78 is 5.14. The zero-order valence-corrected chi connectivity index (χ0v) is 13.3. The van der Waals surface area contributed by atoms with Gasteiger partial charge in [0.25, 0.3) is 5.69 Å². The number of carbonyl (C=O) groups excluding carboxylic acids is 1. The van der Waals surface area contributed by atoms with Crippen LogP contribution in [-0.2, 0) is 4.74 Å². The maximum atomic E-state index is 11.7. The van der Waals surface area contributed by atoms with Gasteiger partial charge in [0.1, 0.15) is 18.0 Å². The fourth-order valence-electron chi connectivity index (χ4n) is 1.72. The molecule has 0 saturated carbocycles. The van der Waals surface area contributed by atoms with Gasteiger partial charge in [0.2, 0.25) is 0 Å². The van der Waals surface area contributed by atoms with Crippen molar-refractivity contribution in [3.63, 3.8) is 0 Å². The molecule has 0 amide bonds. The molecule has 0 unspecified atom stereocenters. The quantitative estimate of drug-likeness (QED) is 0.360. The van der Waals surface area contributed by atoms with Gasteiger partial charge in [-0.05, 0) is 20.8 Å². The second kappa shape index (κ2) is 8.89. The number of quaternary nitrogens is 1. The molecule has 20 heavy (non-hydrogen) atoms. The smallest absolute Gasteiger partial charge is 0.348 e. The molecule has 0 aromatic carbocycles. The van der Waals surface area contributed by atoms with E-state index in [1.165, 1.54) is 11.0 Å². The SMILES string of the molecule is CC[NH+](CC)CCOC(=O)c1cc([N+](=O)[O-])c(C)s1.[Cl-]. The lowest BCUT2D eigenvalue weighted by molar-refractivity contribution is -0.896. The molecule has 0 aliphatic carbocycles. The van der Waals surface area contributed by atoms with E-state index in [0.29, 0.717) is 16.4 Å². The van der Waals surface area contributed by atoms with E-state index in [2.05, 4.69) is 13.8 Å². The van der Waals surface area contributed by atoms with Crippen LogP contribution in [0.3, 0.4) is 0 Å². The molecule has 0 spiro atoms. The summed E-state index contributed by atoms with van der Waals surface area (Å²) in [5.74, 6) is -0.479. The van der Waals surface area contributed by atoms with Crippen LogP contribution < -0.4 is 17.3 Å². The van der Waals surface area contributed by atoms with Gasteiger partial charge in [-0.2, -0.15) is 0 Å². The van der Waals surface area contributed by atoms with E-state index in [1.54, 1.807) is 6.92 Å². The molecular formula is C12H19ClN2O4S. The number of nitrogens with zero attached hydrogens (tertiary/aromatic N) is 1. The Morgan fingerprint density at radius 2 is 2.05 bits per heavy atom. The van der Waals surface area contributed by atoms with Gasteiger partial charge in [0, 0.05) is 6.07 Å². The molecule has 1 rings (SSSR count). The van der Waals surface area contributed by atoms with Crippen LogP contribution in [0.5, 0.6) is 0 Å². The average molecular weight is 323 g/mol. The van der Waals surface area contributed by atoms with Crippen molar-refractivity contribution >= 4 is 23.0 Å². The highest BCUT2D eigenvalue weighted by Crippen LogP contribution is 2.28. The number of aryl methyl sites for hydroxylation is 1. The minimum absolute atomic E-state index is 0. The number of rotatable bonds is 7. The highest BCUT2D eigenvalue weighted by molar-refractivity contribution is 7.14. The van der Waals surface area contributed by atoms with Gasteiger partial charge in [0.05, 0.1) is 22.9 Å². The molecule has 0 fully saturated rings. The van der Waals surface area contributed by atoms with E-state index in [-0.39, 0.29) is 18.1 Å². The van der Waals surface area contributed by atoms with Crippen molar-refractivity contribution in [3.05, 3.63) is 25.9 Å². The number of likely N-dealkylation sites (N-methyl/N-ethyl adjacent to an activating group) is 1. The third-order valence-corrected chi connectivity index (χ3v) is 4.00. The molecule has 1 N–H and O–H groups in total. The van der Waals surface area contributed by atoms with E-state index in [0.717, 1.165) is 31.0 Å². The van der Waals surface area contributed by atoms with E-state index in [1.807, 2.05) is 0 Å². The van der Waals surface area contributed by atoms with Crippen molar-refractivity contribution < 1.29 is 31.8 Å². The number of nitro groups is 1. The van der Waals surface area contributed by atoms with Crippen LogP contribution >= 0.6 is 11.3 Å². The number of hydrogen-bond acceptors (Lipinski definition) is 5. The first-order valence-electron chi connectivity index (χ1n) is 6.25. The molecule has 6 nitrogen and oxygen atoms in total. The molecule has 0 atom stereocenters. The number of hydrogen-bond donors (Lipinski definition) is 1. The molecule has 0 saturated heterocycles. The Morgan fingerprint density at radius 1 is 1.45 bits per heavy atom. The lowest BCUT2D eigenvalue weighted by Crippen LogP contribution is -3.11. The second-order valence-corrected chi connectivity index (χ2v) is 5.41. The summed E-state index contributed by atoms with van der Waals surface area (Å²) in [6.07, 6.45) is 0. The Kier molecular flexibility index (Phi) is 8.36. The van der Waals surface area contributed by atoms with Crippen molar-refractivity contribution in [2.75, 3.05) is 26.2 Å². The molecular weight excluding hydrogens is 304 g/mol. The highest BCUT2D eigenvalue weighted by Gasteiger charge is 2.20. The molecule has 0 aliphatic heterocycles. The van der Waals surface area contributed by atoms with Crippen LogP contribution in [0.1, 0.15) is 28.4 Å². The standard InChI is InChI=1S/C12H18N2O4S.ClH/c1-4-13(5-2)6-7-18-12(15)11-8-10(14(16)17)9(3)19-11;/h8H,4-7H2,1-3H3;1H. The van der Waals surface area contributed by atoms with Crippen LogP contribution in [0.15, 0.2) is 6.07 Å². The fourth-order valence-corrected chi connectivity index (χ4v) is 2.60. The molecule has 1 aromatic rings.